The van der Waals surface area contributed by atoms with Gasteiger partial charge in [0.15, 0.2) is 0 Å². The van der Waals surface area contributed by atoms with Gasteiger partial charge in [-0.25, -0.2) is 9.37 Å². The predicted molar refractivity (Wildman–Crippen MR) is 62.3 cm³/mol. The largest absolute Gasteiger partial charge is 0.306 e. The summed E-state index contributed by atoms with van der Waals surface area (Å²) < 4.78 is 13.6. The number of rotatable bonds is 1. The molecule has 1 aliphatic carbocycles. The maximum atomic E-state index is 13.6. The second kappa shape index (κ2) is 3.80. The van der Waals surface area contributed by atoms with Gasteiger partial charge in [-0.1, -0.05) is 12.1 Å². The minimum Gasteiger partial charge on any atom is -0.306 e. The van der Waals surface area contributed by atoms with Crippen molar-refractivity contribution < 1.29 is 4.39 Å². The van der Waals surface area contributed by atoms with E-state index in [0.29, 0.717) is 11.4 Å². The molecule has 1 heterocycles. The Kier molecular flexibility index (Phi) is 2.28. The van der Waals surface area contributed by atoms with Crippen LogP contribution in [0, 0.1) is 5.82 Å². The van der Waals surface area contributed by atoms with E-state index in [4.69, 9.17) is 0 Å². The first-order valence-corrected chi connectivity index (χ1v) is 5.62. The Bertz CT molecular complexity index is 634. The SMILES string of the molecule is O=c1[nH]c(-c2ccccc2F)nc2c1CCC2. The number of benzene rings is 1. The number of fused-ring (bicyclic) bond motifs is 1. The number of halogens is 1. The highest BCUT2D eigenvalue weighted by Gasteiger charge is 2.18. The molecule has 0 atom stereocenters. The van der Waals surface area contributed by atoms with Crippen LogP contribution in [0.2, 0.25) is 0 Å². The van der Waals surface area contributed by atoms with Gasteiger partial charge >= 0.3 is 0 Å². The Morgan fingerprint density at radius 3 is 2.88 bits per heavy atom. The summed E-state index contributed by atoms with van der Waals surface area (Å²) in [5.74, 6) is -0.0395. The molecular formula is C13H11FN2O. The van der Waals surface area contributed by atoms with Crippen LogP contribution in [0.4, 0.5) is 4.39 Å². The van der Waals surface area contributed by atoms with Gasteiger partial charge in [-0.3, -0.25) is 4.79 Å². The number of hydrogen-bond donors (Lipinski definition) is 1. The summed E-state index contributed by atoms with van der Waals surface area (Å²) in [7, 11) is 0. The third-order valence-electron chi connectivity index (χ3n) is 3.07. The van der Waals surface area contributed by atoms with Gasteiger partial charge < -0.3 is 4.98 Å². The van der Waals surface area contributed by atoms with Gasteiger partial charge in [-0.2, -0.15) is 0 Å². The second-order valence-electron chi connectivity index (χ2n) is 4.17. The number of nitrogens with zero attached hydrogens (tertiary/aromatic N) is 1. The monoisotopic (exact) mass is 230 g/mol. The third kappa shape index (κ3) is 1.65. The predicted octanol–water partition coefficient (Wildman–Crippen LogP) is 2.06. The quantitative estimate of drug-likeness (QED) is 0.815. The molecule has 0 unspecified atom stereocenters. The van der Waals surface area contributed by atoms with Gasteiger partial charge in [0.2, 0.25) is 0 Å². The maximum Gasteiger partial charge on any atom is 0.254 e. The van der Waals surface area contributed by atoms with E-state index in [0.717, 1.165) is 30.5 Å². The van der Waals surface area contributed by atoms with Crippen LogP contribution in [-0.4, -0.2) is 9.97 Å². The number of H-pyrrole nitrogens is 1. The fraction of sp³-hybridized carbons (Fsp3) is 0.231. The topological polar surface area (TPSA) is 45.8 Å². The lowest BCUT2D eigenvalue weighted by molar-refractivity contribution is 0.629. The molecule has 0 saturated carbocycles. The lowest BCUT2D eigenvalue weighted by atomic mass is 10.2. The molecule has 1 aromatic heterocycles. The second-order valence-corrected chi connectivity index (χ2v) is 4.17. The fourth-order valence-electron chi connectivity index (χ4n) is 2.22. The number of aromatic amines is 1. The average Bonchev–Trinajstić information content (AvgIpc) is 2.78. The summed E-state index contributed by atoms with van der Waals surface area (Å²) in [6.07, 6.45) is 2.53. The molecule has 17 heavy (non-hydrogen) atoms. The molecule has 0 amide bonds. The Labute approximate surface area is 97.3 Å². The van der Waals surface area contributed by atoms with Crippen LogP contribution in [0.15, 0.2) is 29.1 Å². The van der Waals surface area contributed by atoms with Crippen LogP contribution in [0.3, 0.4) is 0 Å². The minimum atomic E-state index is -0.367. The summed E-state index contributed by atoms with van der Waals surface area (Å²) in [5, 5.41) is 0. The molecule has 0 aliphatic heterocycles. The maximum absolute atomic E-state index is 13.6. The summed E-state index contributed by atoms with van der Waals surface area (Å²) in [5.41, 5.74) is 1.78. The zero-order chi connectivity index (χ0) is 11.8. The zero-order valence-electron chi connectivity index (χ0n) is 9.16. The summed E-state index contributed by atoms with van der Waals surface area (Å²) in [6.45, 7) is 0. The van der Waals surface area contributed by atoms with E-state index in [1.54, 1.807) is 18.2 Å². The molecule has 3 nitrogen and oxygen atoms in total. The average molecular weight is 230 g/mol. The number of aryl methyl sites for hydroxylation is 1. The molecule has 0 fully saturated rings. The van der Waals surface area contributed by atoms with Crippen LogP contribution in [-0.2, 0) is 12.8 Å². The van der Waals surface area contributed by atoms with Crippen LogP contribution in [0.5, 0.6) is 0 Å². The molecule has 4 heteroatoms. The van der Waals surface area contributed by atoms with Crippen LogP contribution in [0.25, 0.3) is 11.4 Å². The first-order chi connectivity index (χ1) is 8.25. The van der Waals surface area contributed by atoms with Gasteiger partial charge in [0, 0.05) is 5.56 Å². The number of hydrogen-bond acceptors (Lipinski definition) is 2. The van der Waals surface area contributed by atoms with E-state index in [1.807, 2.05) is 0 Å². The summed E-state index contributed by atoms with van der Waals surface area (Å²) in [6, 6.07) is 6.33. The molecule has 1 N–H and O–H groups in total. The Hall–Kier alpha value is -1.97. The highest BCUT2D eigenvalue weighted by atomic mass is 19.1. The van der Waals surface area contributed by atoms with Crippen LogP contribution in [0.1, 0.15) is 17.7 Å². The molecule has 0 bridgehead atoms. The van der Waals surface area contributed by atoms with Gasteiger partial charge in [-0.05, 0) is 31.4 Å². The van der Waals surface area contributed by atoms with E-state index >= 15 is 0 Å². The highest BCUT2D eigenvalue weighted by Crippen LogP contribution is 2.21. The lowest BCUT2D eigenvalue weighted by Gasteiger charge is -2.04. The van der Waals surface area contributed by atoms with Crippen molar-refractivity contribution in [3.63, 3.8) is 0 Å². The highest BCUT2D eigenvalue weighted by molar-refractivity contribution is 5.56. The van der Waals surface area contributed by atoms with Gasteiger partial charge in [-0.15, -0.1) is 0 Å². The summed E-state index contributed by atoms with van der Waals surface area (Å²) >= 11 is 0. The molecule has 2 aromatic rings. The first kappa shape index (κ1) is 10.2. The van der Waals surface area contributed by atoms with E-state index in [2.05, 4.69) is 9.97 Å². The number of aromatic nitrogens is 2. The molecule has 86 valence electrons. The zero-order valence-corrected chi connectivity index (χ0v) is 9.16. The van der Waals surface area contributed by atoms with E-state index in [1.165, 1.54) is 6.07 Å². The molecule has 0 radical (unpaired) electrons. The molecule has 0 spiro atoms. The normalized spacial score (nSPS) is 13.7. The van der Waals surface area contributed by atoms with E-state index in [9.17, 15) is 9.18 Å². The van der Waals surface area contributed by atoms with Gasteiger partial charge in [0.1, 0.15) is 11.6 Å². The van der Waals surface area contributed by atoms with E-state index in [-0.39, 0.29) is 11.4 Å². The van der Waals surface area contributed by atoms with Gasteiger partial charge in [0.25, 0.3) is 5.56 Å². The fourth-order valence-corrected chi connectivity index (χ4v) is 2.22. The molecule has 0 saturated heterocycles. The van der Waals surface area contributed by atoms with Gasteiger partial charge in [0.05, 0.1) is 11.3 Å². The Balaban J connectivity index is 2.20. The van der Waals surface area contributed by atoms with Crippen molar-refractivity contribution in [2.75, 3.05) is 0 Å². The molecule has 3 rings (SSSR count). The molecular weight excluding hydrogens is 219 g/mol. The van der Waals surface area contributed by atoms with Crippen molar-refractivity contribution in [2.24, 2.45) is 0 Å². The molecule has 1 aromatic carbocycles. The van der Waals surface area contributed by atoms with Crippen LogP contribution < -0.4 is 5.56 Å². The van der Waals surface area contributed by atoms with Crippen molar-refractivity contribution in [3.05, 3.63) is 51.7 Å². The number of nitrogens with one attached hydrogen (secondary N) is 1. The summed E-state index contributed by atoms with van der Waals surface area (Å²) in [4.78, 5) is 18.8. The standard InChI is InChI=1S/C13H11FN2O/c14-10-6-2-1-4-8(10)12-15-11-7-3-5-9(11)13(17)16-12/h1-2,4,6H,3,5,7H2,(H,15,16,17). The minimum absolute atomic E-state index is 0.134. The van der Waals surface area contributed by atoms with Crippen molar-refractivity contribution in [2.45, 2.75) is 19.3 Å². The Morgan fingerprint density at radius 2 is 2.06 bits per heavy atom. The van der Waals surface area contributed by atoms with Crippen molar-refractivity contribution in [1.82, 2.24) is 9.97 Å². The molecule has 1 aliphatic rings. The van der Waals surface area contributed by atoms with Crippen molar-refractivity contribution in [3.8, 4) is 11.4 Å². The smallest absolute Gasteiger partial charge is 0.254 e. The Morgan fingerprint density at radius 1 is 1.24 bits per heavy atom. The third-order valence-corrected chi connectivity index (χ3v) is 3.07. The lowest BCUT2D eigenvalue weighted by Crippen LogP contribution is -2.15. The first-order valence-electron chi connectivity index (χ1n) is 5.62. The van der Waals surface area contributed by atoms with Crippen molar-refractivity contribution >= 4 is 0 Å². The van der Waals surface area contributed by atoms with E-state index < -0.39 is 0 Å². The van der Waals surface area contributed by atoms with Crippen molar-refractivity contribution in [1.29, 1.82) is 0 Å². The van der Waals surface area contributed by atoms with Crippen LogP contribution >= 0.6 is 0 Å².